The number of carbonyl (C=O) groups is 1. The molecule has 0 aromatic carbocycles. The van der Waals surface area contributed by atoms with Gasteiger partial charge in [-0.15, -0.1) is 0 Å². The van der Waals surface area contributed by atoms with Crippen molar-refractivity contribution in [3.8, 4) is 0 Å². The van der Waals surface area contributed by atoms with Crippen molar-refractivity contribution < 1.29 is 9.90 Å². The van der Waals surface area contributed by atoms with Gasteiger partial charge in [0.25, 0.3) is 0 Å². The molecule has 0 spiro atoms. The summed E-state index contributed by atoms with van der Waals surface area (Å²) in [5, 5.41) is 9.06. The van der Waals surface area contributed by atoms with Crippen LogP contribution < -0.4 is 0 Å². The first-order valence-corrected chi connectivity index (χ1v) is 7.40. The Morgan fingerprint density at radius 1 is 1.22 bits per heavy atom. The minimum Gasteiger partial charge on any atom is -0.481 e. The molecule has 2 heterocycles. The second-order valence-electron chi connectivity index (χ2n) is 5.75. The number of rotatable bonds is 4. The SMILES string of the molecule is CCCN1CCCC(N2CCC(C(=O)O)C2)CC1. The Morgan fingerprint density at radius 2 is 2.06 bits per heavy atom. The molecule has 2 fully saturated rings. The molecule has 2 aliphatic heterocycles. The lowest BCUT2D eigenvalue weighted by Crippen LogP contribution is -2.35. The van der Waals surface area contributed by atoms with E-state index in [1.165, 1.54) is 45.3 Å². The van der Waals surface area contributed by atoms with Crippen molar-refractivity contribution in [1.29, 1.82) is 0 Å². The molecule has 0 bridgehead atoms. The number of likely N-dealkylation sites (tertiary alicyclic amines) is 2. The van der Waals surface area contributed by atoms with Crippen LogP contribution in [0.15, 0.2) is 0 Å². The van der Waals surface area contributed by atoms with E-state index in [4.69, 9.17) is 5.11 Å². The highest BCUT2D eigenvalue weighted by Crippen LogP contribution is 2.24. The Morgan fingerprint density at radius 3 is 2.72 bits per heavy atom. The Balaban J connectivity index is 1.81. The van der Waals surface area contributed by atoms with Gasteiger partial charge in [-0.3, -0.25) is 9.69 Å². The monoisotopic (exact) mass is 254 g/mol. The third-order valence-corrected chi connectivity index (χ3v) is 4.42. The minimum atomic E-state index is -0.612. The smallest absolute Gasteiger partial charge is 0.307 e. The van der Waals surface area contributed by atoms with Gasteiger partial charge in [0.2, 0.25) is 0 Å². The van der Waals surface area contributed by atoms with Crippen molar-refractivity contribution in [1.82, 2.24) is 9.80 Å². The van der Waals surface area contributed by atoms with E-state index in [1.54, 1.807) is 0 Å². The van der Waals surface area contributed by atoms with Crippen LogP contribution in [0.1, 0.15) is 39.0 Å². The van der Waals surface area contributed by atoms with Crippen LogP contribution in [0.4, 0.5) is 0 Å². The molecule has 2 aliphatic rings. The number of carboxylic acid groups (broad SMARTS) is 1. The highest BCUT2D eigenvalue weighted by molar-refractivity contribution is 5.70. The van der Waals surface area contributed by atoms with Gasteiger partial charge in [0.15, 0.2) is 0 Å². The van der Waals surface area contributed by atoms with Gasteiger partial charge >= 0.3 is 5.97 Å². The van der Waals surface area contributed by atoms with Gasteiger partial charge in [-0.05, 0) is 58.3 Å². The molecule has 2 saturated heterocycles. The summed E-state index contributed by atoms with van der Waals surface area (Å²) in [4.78, 5) is 16.0. The zero-order chi connectivity index (χ0) is 13.0. The fourth-order valence-electron chi connectivity index (χ4n) is 3.36. The standard InChI is InChI=1S/C14H26N2O2/c1-2-7-15-8-3-4-13(6-9-15)16-10-5-12(11-16)14(17)18/h12-13H,2-11H2,1H3,(H,17,18). The Hall–Kier alpha value is -0.610. The Bertz CT molecular complexity index is 283. The maximum absolute atomic E-state index is 11.0. The summed E-state index contributed by atoms with van der Waals surface area (Å²) in [6.07, 6.45) is 5.79. The van der Waals surface area contributed by atoms with E-state index < -0.39 is 5.97 Å². The fraction of sp³-hybridized carbons (Fsp3) is 0.929. The minimum absolute atomic E-state index is 0.125. The first-order chi connectivity index (χ1) is 8.70. The topological polar surface area (TPSA) is 43.8 Å². The van der Waals surface area contributed by atoms with Crippen LogP contribution in [0.2, 0.25) is 0 Å². The average Bonchev–Trinajstić information content (AvgIpc) is 2.72. The molecule has 0 aromatic heterocycles. The zero-order valence-electron chi connectivity index (χ0n) is 11.5. The fourth-order valence-corrected chi connectivity index (χ4v) is 3.36. The van der Waals surface area contributed by atoms with Crippen molar-refractivity contribution in [2.75, 3.05) is 32.7 Å². The summed E-state index contributed by atoms with van der Waals surface area (Å²) < 4.78 is 0. The number of nitrogens with zero attached hydrogens (tertiary/aromatic N) is 2. The van der Waals surface area contributed by atoms with Crippen molar-refractivity contribution in [3.05, 3.63) is 0 Å². The van der Waals surface area contributed by atoms with E-state index in [2.05, 4.69) is 16.7 Å². The lowest BCUT2D eigenvalue weighted by Gasteiger charge is -2.26. The van der Waals surface area contributed by atoms with Crippen LogP contribution in [0, 0.1) is 5.92 Å². The first-order valence-electron chi connectivity index (χ1n) is 7.40. The number of aliphatic carboxylic acids is 1. The summed E-state index contributed by atoms with van der Waals surface area (Å²) >= 11 is 0. The van der Waals surface area contributed by atoms with Gasteiger partial charge in [-0.2, -0.15) is 0 Å². The Kier molecular flexibility index (Phi) is 5.01. The van der Waals surface area contributed by atoms with Crippen LogP contribution in [0.25, 0.3) is 0 Å². The molecule has 0 radical (unpaired) electrons. The van der Waals surface area contributed by atoms with Gasteiger partial charge in [-0.25, -0.2) is 0 Å². The van der Waals surface area contributed by atoms with Gasteiger partial charge < -0.3 is 10.0 Å². The second kappa shape index (κ2) is 6.53. The highest BCUT2D eigenvalue weighted by Gasteiger charge is 2.32. The van der Waals surface area contributed by atoms with E-state index in [-0.39, 0.29) is 5.92 Å². The third kappa shape index (κ3) is 3.45. The Labute approximate surface area is 110 Å². The molecule has 1 N–H and O–H groups in total. The molecule has 4 nitrogen and oxygen atoms in total. The van der Waals surface area contributed by atoms with Crippen LogP contribution in [0.3, 0.4) is 0 Å². The van der Waals surface area contributed by atoms with Gasteiger partial charge in [0, 0.05) is 12.6 Å². The molecule has 4 heteroatoms. The van der Waals surface area contributed by atoms with E-state index in [9.17, 15) is 4.79 Å². The van der Waals surface area contributed by atoms with Crippen molar-refractivity contribution in [3.63, 3.8) is 0 Å². The predicted molar refractivity (Wildman–Crippen MR) is 71.7 cm³/mol. The lowest BCUT2D eigenvalue weighted by atomic mass is 10.1. The molecule has 104 valence electrons. The molecule has 2 unspecified atom stereocenters. The van der Waals surface area contributed by atoms with Crippen LogP contribution >= 0.6 is 0 Å². The number of hydrogen-bond acceptors (Lipinski definition) is 3. The largest absolute Gasteiger partial charge is 0.481 e. The average molecular weight is 254 g/mol. The molecule has 0 aliphatic carbocycles. The van der Waals surface area contributed by atoms with E-state index in [0.29, 0.717) is 6.04 Å². The van der Waals surface area contributed by atoms with Crippen LogP contribution in [-0.2, 0) is 4.79 Å². The predicted octanol–water partition coefficient (Wildman–Crippen LogP) is 1.66. The van der Waals surface area contributed by atoms with Crippen LogP contribution in [-0.4, -0.2) is 59.6 Å². The van der Waals surface area contributed by atoms with Crippen molar-refractivity contribution >= 4 is 5.97 Å². The number of carboxylic acids is 1. The summed E-state index contributed by atoms with van der Waals surface area (Å²) in [6.45, 7) is 7.61. The summed E-state index contributed by atoms with van der Waals surface area (Å²) in [6, 6.07) is 0.621. The molecule has 2 rings (SSSR count). The molecule has 0 amide bonds. The molecule has 2 atom stereocenters. The third-order valence-electron chi connectivity index (χ3n) is 4.42. The maximum atomic E-state index is 11.0. The van der Waals surface area contributed by atoms with Gasteiger partial charge in [0.1, 0.15) is 0 Å². The van der Waals surface area contributed by atoms with Gasteiger partial charge in [-0.1, -0.05) is 6.92 Å². The molecule has 0 aromatic rings. The highest BCUT2D eigenvalue weighted by atomic mass is 16.4. The first kappa shape index (κ1) is 13.8. The maximum Gasteiger partial charge on any atom is 0.307 e. The summed E-state index contributed by atoms with van der Waals surface area (Å²) in [7, 11) is 0. The van der Waals surface area contributed by atoms with Crippen molar-refractivity contribution in [2.24, 2.45) is 5.92 Å². The molecular formula is C14H26N2O2. The molecular weight excluding hydrogens is 228 g/mol. The quantitative estimate of drug-likeness (QED) is 0.828. The summed E-state index contributed by atoms with van der Waals surface area (Å²) in [5.74, 6) is -0.737. The van der Waals surface area contributed by atoms with E-state index in [1.807, 2.05) is 0 Å². The molecule has 18 heavy (non-hydrogen) atoms. The van der Waals surface area contributed by atoms with E-state index in [0.717, 1.165) is 19.5 Å². The van der Waals surface area contributed by atoms with Crippen molar-refractivity contribution in [2.45, 2.75) is 45.1 Å². The van der Waals surface area contributed by atoms with Crippen LogP contribution in [0.5, 0.6) is 0 Å². The zero-order valence-corrected chi connectivity index (χ0v) is 11.5. The van der Waals surface area contributed by atoms with E-state index >= 15 is 0 Å². The summed E-state index contributed by atoms with van der Waals surface area (Å²) in [5.41, 5.74) is 0. The second-order valence-corrected chi connectivity index (χ2v) is 5.75. The van der Waals surface area contributed by atoms with Gasteiger partial charge in [0.05, 0.1) is 5.92 Å². The molecule has 0 saturated carbocycles. The normalized spacial score (nSPS) is 31.4. The lowest BCUT2D eigenvalue weighted by molar-refractivity contribution is -0.141. The number of hydrogen-bond donors (Lipinski definition) is 1.